The van der Waals surface area contributed by atoms with Crippen molar-refractivity contribution < 1.29 is 4.79 Å². The zero-order valence-corrected chi connectivity index (χ0v) is 10.2. The van der Waals surface area contributed by atoms with E-state index < -0.39 is 0 Å². The van der Waals surface area contributed by atoms with Crippen molar-refractivity contribution in [2.24, 2.45) is 0 Å². The molecule has 0 saturated heterocycles. The summed E-state index contributed by atoms with van der Waals surface area (Å²) in [4.78, 5) is 16.4. The first-order valence-electron chi connectivity index (χ1n) is 5.77. The molecule has 0 aliphatic rings. The van der Waals surface area contributed by atoms with Gasteiger partial charge in [-0.2, -0.15) is 15.4 Å². The summed E-state index contributed by atoms with van der Waals surface area (Å²) in [6.07, 6.45) is 1.37. The second-order valence-corrected chi connectivity index (χ2v) is 4.14. The van der Waals surface area contributed by atoms with Gasteiger partial charge in [0.15, 0.2) is 5.69 Å². The number of aromatic nitrogens is 4. The Kier molecular flexibility index (Phi) is 2.68. The molecule has 0 spiro atoms. The minimum Gasteiger partial charge on any atom is -0.319 e. The van der Waals surface area contributed by atoms with E-state index in [-0.39, 0.29) is 11.6 Å². The van der Waals surface area contributed by atoms with Gasteiger partial charge in [0.1, 0.15) is 0 Å². The second-order valence-electron chi connectivity index (χ2n) is 4.14. The quantitative estimate of drug-likeness (QED) is 0.730. The van der Waals surface area contributed by atoms with Gasteiger partial charge in [0.2, 0.25) is 0 Å². The Morgan fingerprint density at radius 2 is 2.16 bits per heavy atom. The highest BCUT2D eigenvalue weighted by atomic mass is 16.2. The fourth-order valence-electron chi connectivity index (χ4n) is 1.84. The molecule has 3 rings (SSSR count). The summed E-state index contributed by atoms with van der Waals surface area (Å²) in [6.45, 7) is 1.91. The lowest BCUT2D eigenvalue weighted by Crippen LogP contribution is -2.13. The van der Waals surface area contributed by atoms with E-state index in [1.165, 1.54) is 6.20 Å². The molecule has 0 aliphatic heterocycles. The number of fused-ring (bicyclic) bond motifs is 1. The van der Waals surface area contributed by atoms with Crippen LogP contribution in [-0.4, -0.2) is 26.3 Å². The Balaban J connectivity index is 2.01. The number of para-hydroxylation sites is 1. The SMILES string of the molecule is Cc1ccc2cccc(NC(=O)c3cn[nH]n3)c2n1. The third-order valence-corrected chi connectivity index (χ3v) is 2.76. The van der Waals surface area contributed by atoms with Gasteiger partial charge in [-0.3, -0.25) is 9.78 Å². The highest BCUT2D eigenvalue weighted by Crippen LogP contribution is 2.22. The summed E-state index contributed by atoms with van der Waals surface area (Å²) in [5.41, 5.74) is 2.56. The van der Waals surface area contributed by atoms with Gasteiger partial charge >= 0.3 is 0 Å². The molecule has 0 atom stereocenters. The van der Waals surface area contributed by atoms with Crippen LogP contribution in [0.3, 0.4) is 0 Å². The molecule has 1 amide bonds. The summed E-state index contributed by atoms with van der Waals surface area (Å²) in [5.74, 6) is -0.315. The summed E-state index contributed by atoms with van der Waals surface area (Å²) in [5, 5.41) is 13.5. The molecule has 0 bridgehead atoms. The maximum absolute atomic E-state index is 11.9. The lowest BCUT2D eigenvalue weighted by Gasteiger charge is -2.07. The molecule has 2 heterocycles. The maximum Gasteiger partial charge on any atom is 0.277 e. The number of rotatable bonds is 2. The van der Waals surface area contributed by atoms with Crippen molar-refractivity contribution in [3.63, 3.8) is 0 Å². The number of aryl methyl sites for hydroxylation is 1. The van der Waals surface area contributed by atoms with Crippen molar-refractivity contribution in [1.82, 2.24) is 20.4 Å². The van der Waals surface area contributed by atoms with Crippen molar-refractivity contribution in [2.75, 3.05) is 5.32 Å². The van der Waals surface area contributed by atoms with Gasteiger partial charge < -0.3 is 5.32 Å². The lowest BCUT2D eigenvalue weighted by molar-refractivity contribution is 0.102. The summed E-state index contributed by atoms with van der Waals surface area (Å²) in [7, 11) is 0. The Labute approximate surface area is 108 Å². The van der Waals surface area contributed by atoms with Crippen LogP contribution in [0.15, 0.2) is 36.5 Å². The molecule has 6 heteroatoms. The van der Waals surface area contributed by atoms with Gasteiger partial charge in [-0.1, -0.05) is 18.2 Å². The van der Waals surface area contributed by atoms with Crippen LogP contribution >= 0.6 is 0 Å². The number of nitrogens with one attached hydrogen (secondary N) is 2. The average molecular weight is 253 g/mol. The predicted molar refractivity (Wildman–Crippen MR) is 70.8 cm³/mol. The molecule has 6 nitrogen and oxygen atoms in total. The monoisotopic (exact) mass is 253 g/mol. The molecule has 1 aromatic carbocycles. The zero-order chi connectivity index (χ0) is 13.2. The van der Waals surface area contributed by atoms with E-state index in [2.05, 4.69) is 25.7 Å². The number of hydrogen-bond donors (Lipinski definition) is 2. The van der Waals surface area contributed by atoms with Crippen LogP contribution < -0.4 is 5.32 Å². The van der Waals surface area contributed by atoms with Crippen LogP contribution in [0.2, 0.25) is 0 Å². The Morgan fingerprint density at radius 1 is 1.26 bits per heavy atom. The van der Waals surface area contributed by atoms with Gasteiger partial charge in [0, 0.05) is 11.1 Å². The van der Waals surface area contributed by atoms with E-state index in [9.17, 15) is 4.79 Å². The number of hydrogen-bond acceptors (Lipinski definition) is 4. The van der Waals surface area contributed by atoms with E-state index in [1.54, 1.807) is 0 Å². The molecule has 2 N–H and O–H groups in total. The molecule has 19 heavy (non-hydrogen) atoms. The molecule has 2 aromatic heterocycles. The fourth-order valence-corrected chi connectivity index (χ4v) is 1.84. The lowest BCUT2D eigenvalue weighted by atomic mass is 10.1. The maximum atomic E-state index is 11.9. The fraction of sp³-hybridized carbons (Fsp3) is 0.0769. The summed E-state index contributed by atoms with van der Waals surface area (Å²) in [6, 6.07) is 9.55. The summed E-state index contributed by atoms with van der Waals surface area (Å²) >= 11 is 0. The van der Waals surface area contributed by atoms with Gasteiger partial charge in [-0.05, 0) is 19.1 Å². The number of aromatic amines is 1. The molecular weight excluding hydrogens is 242 g/mol. The number of H-pyrrole nitrogens is 1. The molecule has 0 radical (unpaired) electrons. The molecule has 0 saturated carbocycles. The van der Waals surface area contributed by atoms with Crippen LogP contribution in [0.4, 0.5) is 5.69 Å². The number of amides is 1. The number of benzene rings is 1. The standard InChI is InChI=1S/C13H11N5O/c1-8-5-6-9-3-2-4-10(12(9)15-8)16-13(19)11-7-14-18-17-11/h2-7H,1H3,(H,16,19)(H,14,17,18). The van der Waals surface area contributed by atoms with Gasteiger partial charge in [0.05, 0.1) is 17.4 Å². The first-order valence-corrected chi connectivity index (χ1v) is 5.77. The molecular formula is C13H11N5O. The van der Waals surface area contributed by atoms with E-state index in [4.69, 9.17) is 0 Å². The van der Waals surface area contributed by atoms with E-state index in [0.29, 0.717) is 5.69 Å². The second kappa shape index (κ2) is 4.49. The van der Waals surface area contributed by atoms with Crippen molar-refractivity contribution in [2.45, 2.75) is 6.92 Å². The topological polar surface area (TPSA) is 83.6 Å². The number of anilines is 1. The van der Waals surface area contributed by atoms with E-state index in [0.717, 1.165) is 16.6 Å². The molecule has 3 aromatic rings. The zero-order valence-electron chi connectivity index (χ0n) is 10.2. The predicted octanol–water partition coefficient (Wildman–Crippen LogP) is 1.91. The third-order valence-electron chi connectivity index (χ3n) is 2.76. The average Bonchev–Trinajstić information content (AvgIpc) is 2.93. The molecule has 0 unspecified atom stereocenters. The first kappa shape index (κ1) is 11.3. The number of carbonyl (C=O) groups is 1. The van der Waals surface area contributed by atoms with Crippen LogP contribution in [0, 0.1) is 6.92 Å². The normalized spacial score (nSPS) is 10.6. The molecule has 0 fully saturated rings. The van der Waals surface area contributed by atoms with Gasteiger partial charge in [-0.25, -0.2) is 0 Å². The van der Waals surface area contributed by atoms with Crippen molar-refractivity contribution >= 4 is 22.5 Å². The number of carbonyl (C=O) groups excluding carboxylic acids is 1. The van der Waals surface area contributed by atoms with Crippen LogP contribution in [0.1, 0.15) is 16.2 Å². The van der Waals surface area contributed by atoms with E-state index in [1.807, 2.05) is 37.3 Å². The number of nitrogens with zero attached hydrogens (tertiary/aromatic N) is 3. The van der Waals surface area contributed by atoms with Crippen molar-refractivity contribution in [3.05, 3.63) is 47.9 Å². The highest BCUT2D eigenvalue weighted by molar-refractivity contribution is 6.07. The Morgan fingerprint density at radius 3 is 2.95 bits per heavy atom. The highest BCUT2D eigenvalue weighted by Gasteiger charge is 2.11. The van der Waals surface area contributed by atoms with Crippen molar-refractivity contribution in [3.8, 4) is 0 Å². The van der Waals surface area contributed by atoms with Gasteiger partial charge in [-0.15, -0.1) is 0 Å². The minimum atomic E-state index is -0.315. The van der Waals surface area contributed by atoms with Crippen LogP contribution in [0.5, 0.6) is 0 Å². The van der Waals surface area contributed by atoms with E-state index >= 15 is 0 Å². The number of pyridine rings is 1. The molecule has 94 valence electrons. The first-order chi connectivity index (χ1) is 9.24. The minimum absolute atomic E-state index is 0.240. The third kappa shape index (κ3) is 2.15. The summed E-state index contributed by atoms with van der Waals surface area (Å²) < 4.78 is 0. The Hall–Kier alpha value is -2.76. The largest absolute Gasteiger partial charge is 0.319 e. The van der Waals surface area contributed by atoms with Crippen LogP contribution in [-0.2, 0) is 0 Å². The van der Waals surface area contributed by atoms with Crippen LogP contribution in [0.25, 0.3) is 10.9 Å². The van der Waals surface area contributed by atoms with Crippen molar-refractivity contribution in [1.29, 1.82) is 0 Å². The smallest absolute Gasteiger partial charge is 0.277 e. The molecule has 0 aliphatic carbocycles. The van der Waals surface area contributed by atoms with Gasteiger partial charge in [0.25, 0.3) is 5.91 Å². The Bertz CT molecular complexity index is 736.